The van der Waals surface area contributed by atoms with Crippen LogP contribution in [-0.4, -0.2) is 23.7 Å². The van der Waals surface area contributed by atoms with Crippen molar-refractivity contribution in [3.63, 3.8) is 0 Å². The monoisotopic (exact) mass is 315 g/mol. The Morgan fingerprint density at radius 1 is 1.45 bits per heavy atom. The van der Waals surface area contributed by atoms with Crippen LogP contribution >= 0.6 is 23.2 Å². The summed E-state index contributed by atoms with van der Waals surface area (Å²) in [6.45, 7) is 2.34. The summed E-state index contributed by atoms with van der Waals surface area (Å²) in [4.78, 5) is 12.0. The van der Waals surface area contributed by atoms with E-state index in [1.807, 2.05) is 19.1 Å². The average Bonchev–Trinajstić information content (AvgIpc) is 3.20. The molecule has 1 fully saturated rings. The van der Waals surface area contributed by atoms with Gasteiger partial charge in [0.1, 0.15) is 0 Å². The fourth-order valence-electron chi connectivity index (χ4n) is 2.38. The van der Waals surface area contributed by atoms with Crippen molar-refractivity contribution in [2.45, 2.75) is 38.2 Å². The third-order valence-electron chi connectivity index (χ3n) is 3.63. The standard InChI is InChI=1S/C15H19Cl2NO2/c1-2-3-10(19)8-18-15(20)12-7-11(12)9-4-5-13(16)14(17)6-9/h4-6,10-12,19H,2-3,7-8H2,1H3,(H,18,20). The van der Waals surface area contributed by atoms with Crippen LogP contribution in [0.3, 0.4) is 0 Å². The van der Waals surface area contributed by atoms with Gasteiger partial charge in [-0.1, -0.05) is 42.6 Å². The van der Waals surface area contributed by atoms with Gasteiger partial charge in [-0.2, -0.15) is 0 Å². The first kappa shape index (κ1) is 15.6. The van der Waals surface area contributed by atoms with Crippen molar-refractivity contribution in [1.82, 2.24) is 5.32 Å². The van der Waals surface area contributed by atoms with Crippen LogP contribution in [0, 0.1) is 5.92 Å². The highest BCUT2D eigenvalue weighted by atomic mass is 35.5. The van der Waals surface area contributed by atoms with Crippen molar-refractivity contribution < 1.29 is 9.90 Å². The molecule has 110 valence electrons. The first-order chi connectivity index (χ1) is 9.52. The Bertz CT molecular complexity index is 493. The predicted molar refractivity (Wildman–Crippen MR) is 81.2 cm³/mol. The van der Waals surface area contributed by atoms with Gasteiger partial charge in [0.05, 0.1) is 16.1 Å². The number of rotatable bonds is 6. The van der Waals surface area contributed by atoms with Gasteiger partial charge in [-0.25, -0.2) is 0 Å². The van der Waals surface area contributed by atoms with Crippen molar-refractivity contribution >= 4 is 29.1 Å². The number of amides is 1. The van der Waals surface area contributed by atoms with Gasteiger partial charge in [-0.05, 0) is 36.5 Å². The second-order valence-corrected chi connectivity index (χ2v) is 6.12. The fourth-order valence-corrected chi connectivity index (χ4v) is 2.69. The summed E-state index contributed by atoms with van der Waals surface area (Å²) in [6, 6.07) is 5.50. The molecule has 1 aromatic carbocycles. The maximum Gasteiger partial charge on any atom is 0.223 e. The Balaban J connectivity index is 1.84. The molecule has 0 aromatic heterocycles. The lowest BCUT2D eigenvalue weighted by atomic mass is 10.1. The van der Waals surface area contributed by atoms with Gasteiger partial charge >= 0.3 is 0 Å². The van der Waals surface area contributed by atoms with Crippen LogP contribution in [-0.2, 0) is 4.79 Å². The first-order valence-corrected chi connectivity index (χ1v) is 7.69. The quantitative estimate of drug-likeness (QED) is 0.845. The third kappa shape index (κ3) is 3.87. The van der Waals surface area contributed by atoms with Gasteiger partial charge in [0.2, 0.25) is 5.91 Å². The summed E-state index contributed by atoms with van der Waals surface area (Å²) in [6.07, 6.45) is 1.99. The lowest BCUT2D eigenvalue weighted by Crippen LogP contribution is -2.33. The molecule has 0 radical (unpaired) electrons. The SMILES string of the molecule is CCCC(O)CNC(=O)C1CC1c1ccc(Cl)c(Cl)c1. The van der Waals surface area contributed by atoms with E-state index in [9.17, 15) is 9.90 Å². The molecule has 0 spiro atoms. The van der Waals surface area contributed by atoms with Gasteiger partial charge in [0.15, 0.2) is 0 Å². The molecule has 0 saturated heterocycles. The first-order valence-electron chi connectivity index (χ1n) is 6.93. The van der Waals surface area contributed by atoms with Crippen LogP contribution in [0.1, 0.15) is 37.7 Å². The summed E-state index contributed by atoms with van der Waals surface area (Å²) in [5, 5.41) is 13.5. The van der Waals surface area contributed by atoms with Crippen molar-refractivity contribution in [3.8, 4) is 0 Å². The van der Waals surface area contributed by atoms with E-state index >= 15 is 0 Å². The van der Waals surface area contributed by atoms with Gasteiger partial charge in [-0.3, -0.25) is 4.79 Å². The van der Waals surface area contributed by atoms with E-state index in [0.717, 1.165) is 18.4 Å². The van der Waals surface area contributed by atoms with Crippen LogP contribution in [0.25, 0.3) is 0 Å². The molecule has 3 unspecified atom stereocenters. The van der Waals surface area contributed by atoms with E-state index < -0.39 is 6.10 Å². The van der Waals surface area contributed by atoms with E-state index in [1.165, 1.54) is 0 Å². The fraction of sp³-hybridized carbons (Fsp3) is 0.533. The zero-order chi connectivity index (χ0) is 14.7. The van der Waals surface area contributed by atoms with E-state index in [0.29, 0.717) is 23.0 Å². The number of nitrogens with one attached hydrogen (secondary N) is 1. The Hall–Kier alpha value is -0.770. The normalized spacial score (nSPS) is 22.4. The van der Waals surface area contributed by atoms with Gasteiger partial charge < -0.3 is 10.4 Å². The number of hydrogen-bond acceptors (Lipinski definition) is 2. The zero-order valence-electron chi connectivity index (χ0n) is 11.4. The van der Waals surface area contributed by atoms with E-state index in [-0.39, 0.29) is 17.7 Å². The lowest BCUT2D eigenvalue weighted by molar-refractivity contribution is -0.122. The van der Waals surface area contributed by atoms with Crippen LogP contribution in [0.15, 0.2) is 18.2 Å². The molecule has 0 aliphatic heterocycles. The number of carbonyl (C=O) groups is 1. The predicted octanol–water partition coefficient (Wildman–Crippen LogP) is 3.37. The van der Waals surface area contributed by atoms with Crippen molar-refractivity contribution in [2.75, 3.05) is 6.54 Å². The molecule has 1 aliphatic carbocycles. The molecule has 1 amide bonds. The molecule has 1 aliphatic rings. The summed E-state index contributed by atoms with van der Waals surface area (Å²) < 4.78 is 0. The minimum atomic E-state index is -0.453. The molecule has 5 heteroatoms. The molecule has 0 bridgehead atoms. The number of hydrogen-bond donors (Lipinski definition) is 2. The topological polar surface area (TPSA) is 49.3 Å². The Kier molecular flexibility index (Phi) is 5.30. The molecule has 0 heterocycles. The highest BCUT2D eigenvalue weighted by molar-refractivity contribution is 6.42. The molecular weight excluding hydrogens is 297 g/mol. The molecular formula is C15H19Cl2NO2. The van der Waals surface area contributed by atoms with Crippen LogP contribution in [0.5, 0.6) is 0 Å². The Labute approximate surface area is 129 Å². The maximum absolute atomic E-state index is 12.0. The smallest absolute Gasteiger partial charge is 0.223 e. The summed E-state index contributed by atoms with van der Waals surface area (Å²) >= 11 is 11.9. The van der Waals surface area contributed by atoms with Crippen LogP contribution < -0.4 is 5.32 Å². The van der Waals surface area contributed by atoms with E-state index in [4.69, 9.17) is 23.2 Å². The zero-order valence-corrected chi connectivity index (χ0v) is 12.9. The minimum Gasteiger partial charge on any atom is -0.391 e. The van der Waals surface area contributed by atoms with Crippen LogP contribution in [0.4, 0.5) is 0 Å². The number of benzene rings is 1. The van der Waals surface area contributed by atoms with Crippen molar-refractivity contribution in [1.29, 1.82) is 0 Å². The molecule has 1 saturated carbocycles. The number of halogens is 2. The maximum atomic E-state index is 12.0. The summed E-state index contributed by atoms with van der Waals surface area (Å²) in [7, 11) is 0. The average molecular weight is 316 g/mol. The van der Waals surface area contributed by atoms with Gasteiger partial charge in [0.25, 0.3) is 0 Å². The number of aliphatic hydroxyl groups is 1. The van der Waals surface area contributed by atoms with Gasteiger partial charge in [-0.15, -0.1) is 0 Å². The van der Waals surface area contributed by atoms with E-state index in [2.05, 4.69) is 5.32 Å². The van der Waals surface area contributed by atoms with E-state index in [1.54, 1.807) is 6.07 Å². The van der Waals surface area contributed by atoms with Gasteiger partial charge in [0, 0.05) is 12.5 Å². The van der Waals surface area contributed by atoms with Crippen molar-refractivity contribution in [2.24, 2.45) is 5.92 Å². The molecule has 3 nitrogen and oxygen atoms in total. The molecule has 2 rings (SSSR count). The molecule has 3 atom stereocenters. The lowest BCUT2D eigenvalue weighted by Gasteiger charge is -2.10. The highest BCUT2D eigenvalue weighted by Gasteiger charge is 2.43. The number of aliphatic hydroxyl groups excluding tert-OH is 1. The Morgan fingerprint density at radius 3 is 2.85 bits per heavy atom. The summed E-state index contributed by atoms with van der Waals surface area (Å²) in [5.74, 6) is 0.213. The minimum absolute atomic E-state index is 0.0104. The molecule has 1 aromatic rings. The largest absolute Gasteiger partial charge is 0.391 e. The highest BCUT2D eigenvalue weighted by Crippen LogP contribution is 2.48. The second-order valence-electron chi connectivity index (χ2n) is 5.31. The third-order valence-corrected chi connectivity index (χ3v) is 4.37. The molecule has 2 N–H and O–H groups in total. The second kappa shape index (κ2) is 6.79. The van der Waals surface area contributed by atoms with Crippen LogP contribution in [0.2, 0.25) is 10.0 Å². The summed E-state index contributed by atoms with van der Waals surface area (Å²) in [5.41, 5.74) is 1.05. The van der Waals surface area contributed by atoms with Crippen molar-refractivity contribution in [3.05, 3.63) is 33.8 Å². The number of carbonyl (C=O) groups excluding carboxylic acids is 1. The molecule has 20 heavy (non-hydrogen) atoms. The Morgan fingerprint density at radius 2 is 2.20 bits per heavy atom.